The summed E-state index contributed by atoms with van der Waals surface area (Å²) in [6, 6.07) is 73.3. The second kappa shape index (κ2) is 12.0. The first kappa shape index (κ1) is 30.2. The highest BCUT2D eigenvalue weighted by atomic mass is 15.2. The summed E-state index contributed by atoms with van der Waals surface area (Å²) in [5.74, 6) is 0. The lowest BCUT2D eigenvalue weighted by atomic mass is 9.67. The number of aromatic nitrogens is 1. The summed E-state index contributed by atoms with van der Waals surface area (Å²) in [5.41, 5.74) is 15.3. The third-order valence-corrected chi connectivity index (χ3v) is 11.0. The molecule has 246 valence electrons. The van der Waals surface area contributed by atoms with Gasteiger partial charge < -0.3 is 9.47 Å². The Hall–Kier alpha value is -6.64. The third-order valence-electron chi connectivity index (χ3n) is 11.0. The fraction of sp³-hybridized carbons (Fsp3) is 0.0400. The third kappa shape index (κ3) is 4.37. The summed E-state index contributed by atoms with van der Waals surface area (Å²) in [6.45, 7) is 2.22. The molecule has 0 radical (unpaired) electrons. The number of hydrogen-bond acceptors (Lipinski definition) is 1. The van der Waals surface area contributed by atoms with E-state index >= 15 is 0 Å². The second-order valence-electron chi connectivity index (χ2n) is 13.7. The van der Waals surface area contributed by atoms with E-state index in [1.807, 2.05) is 0 Å². The van der Waals surface area contributed by atoms with Crippen LogP contribution in [0.1, 0.15) is 27.8 Å². The molecule has 0 amide bonds. The highest BCUT2D eigenvalue weighted by Crippen LogP contribution is 2.57. The summed E-state index contributed by atoms with van der Waals surface area (Å²) in [7, 11) is 0. The Balaban J connectivity index is 1.32. The number of para-hydroxylation sites is 4. The molecule has 0 N–H and O–H groups in total. The highest BCUT2D eigenvalue weighted by molar-refractivity contribution is 6.14. The van der Waals surface area contributed by atoms with Gasteiger partial charge in [-0.1, -0.05) is 158 Å². The van der Waals surface area contributed by atoms with E-state index in [2.05, 4.69) is 217 Å². The number of hydrogen-bond donors (Lipinski definition) is 0. The van der Waals surface area contributed by atoms with Crippen molar-refractivity contribution in [1.29, 1.82) is 0 Å². The predicted molar refractivity (Wildman–Crippen MR) is 218 cm³/mol. The minimum atomic E-state index is -0.493. The molecular formula is C50H36N2. The van der Waals surface area contributed by atoms with Crippen LogP contribution in [0, 0.1) is 6.92 Å². The summed E-state index contributed by atoms with van der Waals surface area (Å²) < 4.78 is 2.44. The van der Waals surface area contributed by atoms with E-state index in [0.717, 1.165) is 22.7 Å². The Kier molecular flexibility index (Phi) is 6.97. The Morgan fingerprint density at radius 2 is 1.02 bits per heavy atom. The van der Waals surface area contributed by atoms with Crippen molar-refractivity contribution in [2.45, 2.75) is 12.3 Å². The predicted octanol–water partition coefficient (Wildman–Crippen LogP) is 12.9. The number of rotatable bonds is 6. The largest absolute Gasteiger partial charge is 0.308 e. The molecule has 0 spiro atoms. The molecule has 0 aliphatic heterocycles. The molecule has 0 saturated carbocycles. The molecule has 8 aromatic carbocycles. The Bertz CT molecular complexity index is 2700. The van der Waals surface area contributed by atoms with Crippen LogP contribution >= 0.6 is 0 Å². The summed E-state index contributed by atoms with van der Waals surface area (Å²) in [4.78, 5) is 2.49. The number of nitrogens with zero attached hydrogens (tertiary/aromatic N) is 2. The highest BCUT2D eigenvalue weighted by Gasteiger charge is 2.46. The fourth-order valence-electron chi connectivity index (χ4n) is 8.82. The lowest BCUT2D eigenvalue weighted by Gasteiger charge is -2.35. The van der Waals surface area contributed by atoms with Gasteiger partial charge in [0, 0.05) is 27.8 Å². The van der Waals surface area contributed by atoms with Gasteiger partial charge >= 0.3 is 0 Å². The molecule has 2 nitrogen and oxygen atoms in total. The van der Waals surface area contributed by atoms with Gasteiger partial charge in [-0.15, -0.1) is 0 Å². The maximum atomic E-state index is 2.49. The molecule has 1 heterocycles. The lowest BCUT2D eigenvalue weighted by molar-refractivity contribution is 0.768. The molecule has 0 bridgehead atoms. The van der Waals surface area contributed by atoms with Crippen molar-refractivity contribution in [3.05, 3.63) is 228 Å². The average Bonchev–Trinajstić information content (AvgIpc) is 3.71. The van der Waals surface area contributed by atoms with Gasteiger partial charge in [0.1, 0.15) is 0 Å². The monoisotopic (exact) mass is 664 g/mol. The quantitative estimate of drug-likeness (QED) is 0.172. The second-order valence-corrected chi connectivity index (χ2v) is 13.7. The van der Waals surface area contributed by atoms with Crippen molar-refractivity contribution in [3.63, 3.8) is 0 Å². The Morgan fingerprint density at radius 1 is 0.442 bits per heavy atom. The normalized spacial score (nSPS) is 12.9. The zero-order chi connectivity index (χ0) is 34.6. The van der Waals surface area contributed by atoms with Crippen molar-refractivity contribution in [2.75, 3.05) is 4.90 Å². The van der Waals surface area contributed by atoms with Crippen molar-refractivity contribution in [2.24, 2.45) is 0 Å². The molecule has 1 aliphatic carbocycles. The fourth-order valence-corrected chi connectivity index (χ4v) is 8.82. The number of aryl methyl sites for hydroxylation is 1. The van der Waals surface area contributed by atoms with Gasteiger partial charge in [-0.25, -0.2) is 0 Å². The molecule has 2 heteroatoms. The van der Waals surface area contributed by atoms with Crippen molar-refractivity contribution in [3.8, 4) is 16.8 Å². The summed E-state index contributed by atoms with van der Waals surface area (Å²) in [6.07, 6.45) is 0. The van der Waals surface area contributed by atoms with Crippen LogP contribution in [0.5, 0.6) is 0 Å². The molecule has 1 aliphatic rings. The lowest BCUT2D eigenvalue weighted by Crippen LogP contribution is -2.28. The molecule has 0 unspecified atom stereocenters. The summed E-state index contributed by atoms with van der Waals surface area (Å²) in [5, 5.41) is 2.47. The number of fused-ring (bicyclic) bond motifs is 6. The first-order valence-electron chi connectivity index (χ1n) is 18.0. The standard InChI is InChI=1S/C50H36N2/c1-35-18-11-15-29-46(35)51(48-31-17-27-43-42-26-13-16-30-47(42)52(49(43)48)38-23-9-4-10-24-38)39-32-33-41-40-25-12-14-28-44(40)50(45(41)34-39,36-19-5-2-6-20-36)37-21-7-3-8-22-37/h2-34H,1H3. The van der Waals surface area contributed by atoms with Gasteiger partial charge in [0.05, 0.1) is 22.1 Å². The van der Waals surface area contributed by atoms with Crippen LogP contribution in [-0.2, 0) is 5.41 Å². The van der Waals surface area contributed by atoms with Gasteiger partial charge in [-0.3, -0.25) is 0 Å². The van der Waals surface area contributed by atoms with E-state index in [4.69, 9.17) is 0 Å². The number of benzene rings is 8. The smallest absolute Gasteiger partial charge is 0.0782 e. The topological polar surface area (TPSA) is 8.17 Å². The molecule has 52 heavy (non-hydrogen) atoms. The van der Waals surface area contributed by atoms with Crippen molar-refractivity contribution in [1.82, 2.24) is 4.57 Å². The molecule has 10 rings (SSSR count). The van der Waals surface area contributed by atoms with E-state index in [9.17, 15) is 0 Å². The van der Waals surface area contributed by atoms with Crippen LogP contribution in [0.25, 0.3) is 38.6 Å². The number of anilines is 3. The average molecular weight is 665 g/mol. The molecule has 0 fully saturated rings. The van der Waals surface area contributed by atoms with Crippen LogP contribution in [0.2, 0.25) is 0 Å². The van der Waals surface area contributed by atoms with Gasteiger partial charge in [0.2, 0.25) is 0 Å². The Labute approximate surface area is 304 Å². The van der Waals surface area contributed by atoms with Gasteiger partial charge in [0.25, 0.3) is 0 Å². The van der Waals surface area contributed by atoms with Crippen LogP contribution < -0.4 is 4.90 Å². The Morgan fingerprint density at radius 3 is 1.77 bits per heavy atom. The minimum Gasteiger partial charge on any atom is -0.308 e. The maximum Gasteiger partial charge on any atom is 0.0782 e. The van der Waals surface area contributed by atoms with E-state index < -0.39 is 5.41 Å². The zero-order valence-electron chi connectivity index (χ0n) is 28.9. The molecule has 1 aromatic heterocycles. The summed E-state index contributed by atoms with van der Waals surface area (Å²) >= 11 is 0. The van der Waals surface area contributed by atoms with Crippen LogP contribution in [0.15, 0.2) is 200 Å². The van der Waals surface area contributed by atoms with Crippen molar-refractivity contribution >= 4 is 38.9 Å². The van der Waals surface area contributed by atoms with Crippen molar-refractivity contribution < 1.29 is 0 Å². The maximum absolute atomic E-state index is 2.49. The van der Waals surface area contributed by atoms with Crippen LogP contribution in [-0.4, -0.2) is 4.57 Å². The molecular weight excluding hydrogens is 629 g/mol. The van der Waals surface area contributed by atoms with Gasteiger partial charge in [-0.05, 0) is 88.3 Å². The van der Waals surface area contributed by atoms with Gasteiger partial charge in [0.15, 0.2) is 0 Å². The van der Waals surface area contributed by atoms with Gasteiger partial charge in [-0.2, -0.15) is 0 Å². The van der Waals surface area contributed by atoms with E-state index in [-0.39, 0.29) is 0 Å². The van der Waals surface area contributed by atoms with Crippen LogP contribution in [0.4, 0.5) is 17.1 Å². The first-order chi connectivity index (χ1) is 25.7. The first-order valence-corrected chi connectivity index (χ1v) is 18.0. The van der Waals surface area contributed by atoms with E-state index in [1.54, 1.807) is 0 Å². The minimum absolute atomic E-state index is 0.493. The van der Waals surface area contributed by atoms with E-state index in [1.165, 1.54) is 60.8 Å². The van der Waals surface area contributed by atoms with E-state index in [0.29, 0.717) is 0 Å². The molecule has 9 aromatic rings. The van der Waals surface area contributed by atoms with Crippen LogP contribution in [0.3, 0.4) is 0 Å². The molecule has 0 saturated heterocycles. The molecule has 0 atom stereocenters. The zero-order valence-corrected chi connectivity index (χ0v) is 28.9. The SMILES string of the molecule is Cc1ccccc1N(c1ccc2c(c1)C(c1ccccc1)(c1ccccc1)c1ccccc1-2)c1cccc2c3ccccc3n(-c3ccccc3)c12.